The van der Waals surface area contributed by atoms with Crippen molar-refractivity contribution in [2.45, 2.75) is 6.54 Å². The van der Waals surface area contributed by atoms with Crippen LogP contribution in [0.4, 0.5) is 4.39 Å². The van der Waals surface area contributed by atoms with E-state index in [0.29, 0.717) is 42.1 Å². The molecule has 1 N–H and O–H groups in total. The van der Waals surface area contributed by atoms with Gasteiger partial charge in [-0.3, -0.25) is 9.78 Å². The van der Waals surface area contributed by atoms with E-state index >= 15 is 0 Å². The van der Waals surface area contributed by atoms with Gasteiger partial charge in [0.2, 0.25) is 0 Å². The highest BCUT2D eigenvalue weighted by Gasteiger charge is 2.14. The Balaban J connectivity index is 1.42. The van der Waals surface area contributed by atoms with E-state index in [9.17, 15) is 9.18 Å². The maximum Gasteiger partial charge on any atom is 0.254 e. The van der Waals surface area contributed by atoms with E-state index in [1.807, 2.05) is 24.3 Å². The van der Waals surface area contributed by atoms with Gasteiger partial charge in [0, 0.05) is 30.8 Å². The molecule has 0 spiro atoms. The average molecular weight is 456 g/mol. The van der Waals surface area contributed by atoms with Crippen LogP contribution in [-0.2, 0) is 11.3 Å². The second-order valence-corrected chi connectivity index (χ2v) is 7.76. The molecule has 2 aromatic carbocycles. The summed E-state index contributed by atoms with van der Waals surface area (Å²) in [5.41, 5.74) is 4.27. The first-order chi connectivity index (χ1) is 16.6. The van der Waals surface area contributed by atoms with Gasteiger partial charge in [-0.2, -0.15) is 0 Å². The fourth-order valence-corrected chi connectivity index (χ4v) is 3.74. The molecule has 5 rings (SSSR count). The van der Waals surface area contributed by atoms with Gasteiger partial charge in [-0.05, 0) is 48.0 Å². The zero-order chi connectivity index (χ0) is 23.5. The first kappa shape index (κ1) is 21.6. The zero-order valence-corrected chi connectivity index (χ0v) is 18.4. The number of pyridine rings is 2. The second-order valence-electron chi connectivity index (χ2n) is 7.76. The lowest BCUT2D eigenvalue weighted by atomic mass is 10.1. The molecule has 8 nitrogen and oxygen atoms in total. The molecule has 0 aliphatic carbocycles. The van der Waals surface area contributed by atoms with Gasteiger partial charge in [0.15, 0.2) is 5.65 Å². The SMILES string of the molecule is COCCNC(=O)c1ccc(-c2ccc3nnn(Cc4ccc5ncccc5c4)c3n2)cc1F. The highest BCUT2D eigenvalue weighted by Crippen LogP contribution is 2.23. The summed E-state index contributed by atoms with van der Waals surface area (Å²) in [4.78, 5) is 21.2. The summed E-state index contributed by atoms with van der Waals surface area (Å²) in [6.07, 6.45) is 1.77. The van der Waals surface area contributed by atoms with Crippen LogP contribution in [0.25, 0.3) is 33.3 Å². The smallest absolute Gasteiger partial charge is 0.254 e. The van der Waals surface area contributed by atoms with Crippen LogP contribution in [0.5, 0.6) is 0 Å². The van der Waals surface area contributed by atoms with E-state index in [0.717, 1.165) is 16.5 Å². The van der Waals surface area contributed by atoms with Crippen molar-refractivity contribution in [1.82, 2.24) is 30.3 Å². The predicted octanol–water partition coefficient (Wildman–Crippen LogP) is 3.61. The number of rotatable bonds is 7. The van der Waals surface area contributed by atoms with Crippen LogP contribution in [0.3, 0.4) is 0 Å². The maximum atomic E-state index is 14.7. The van der Waals surface area contributed by atoms with Crippen LogP contribution >= 0.6 is 0 Å². The number of hydrogen-bond acceptors (Lipinski definition) is 6. The molecule has 3 aromatic heterocycles. The topological polar surface area (TPSA) is 94.8 Å². The number of nitrogens with zero attached hydrogens (tertiary/aromatic N) is 5. The third kappa shape index (κ3) is 4.33. The summed E-state index contributed by atoms with van der Waals surface area (Å²) in [6.45, 7) is 1.14. The Hall–Kier alpha value is -4.24. The van der Waals surface area contributed by atoms with Crippen molar-refractivity contribution >= 4 is 28.0 Å². The average Bonchev–Trinajstić information content (AvgIpc) is 3.26. The lowest BCUT2D eigenvalue weighted by Gasteiger charge is -2.08. The quantitative estimate of drug-likeness (QED) is 0.376. The van der Waals surface area contributed by atoms with Gasteiger partial charge < -0.3 is 10.1 Å². The van der Waals surface area contributed by atoms with Crippen molar-refractivity contribution in [1.29, 1.82) is 0 Å². The van der Waals surface area contributed by atoms with Gasteiger partial charge in [0.25, 0.3) is 5.91 Å². The van der Waals surface area contributed by atoms with Crippen LogP contribution < -0.4 is 5.32 Å². The standard InChI is InChI=1S/C25H21FN6O2/c1-34-12-11-28-25(33)19-6-5-18(14-20(19)26)22-8-9-23-24(29-22)32(31-30-23)15-16-4-7-21-17(13-16)3-2-10-27-21/h2-10,13-14H,11-12,15H2,1H3,(H,28,33). The number of aromatic nitrogens is 5. The number of hydrogen-bond donors (Lipinski definition) is 1. The molecular formula is C25H21FN6O2. The first-order valence-corrected chi connectivity index (χ1v) is 10.7. The minimum atomic E-state index is -0.620. The first-order valence-electron chi connectivity index (χ1n) is 10.7. The molecule has 0 saturated carbocycles. The summed E-state index contributed by atoms with van der Waals surface area (Å²) >= 11 is 0. The molecule has 0 bridgehead atoms. The van der Waals surface area contributed by atoms with E-state index in [1.54, 1.807) is 29.1 Å². The Morgan fingerprint density at radius 2 is 1.97 bits per heavy atom. The molecule has 0 atom stereocenters. The van der Waals surface area contributed by atoms with Gasteiger partial charge in [0.1, 0.15) is 11.3 Å². The number of nitrogens with one attached hydrogen (secondary N) is 1. The van der Waals surface area contributed by atoms with E-state index in [4.69, 9.17) is 4.74 Å². The number of carbonyl (C=O) groups is 1. The Morgan fingerprint density at radius 3 is 2.82 bits per heavy atom. The lowest BCUT2D eigenvalue weighted by Crippen LogP contribution is -2.27. The third-order valence-corrected chi connectivity index (χ3v) is 5.46. The summed E-state index contributed by atoms with van der Waals surface area (Å²) in [5, 5.41) is 12.1. The highest BCUT2D eigenvalue weighted by molar-refractivity contribution is 5.95. The number of ether oxygens (including phenoxy) is 1. The number of fused-ring (bicyclic) bond motifs is 2. The summed E-state index contributed by atoms with van der Waals surface area (Å²) < 4.78 is 21.3. The number of carbonyl (C=O) groups excluding carboxylic acids is 1. The van der Waals surface area contributed by atoms with Gasteiger partial charge >= 0.3 is 0 Å². The number of methoxy groups -OCH3 is 1. The molecule has 3 heterocycles. The van der Waals surface area contributed by atoms with Crippen molar-refractivity contribution < 1.29 is 13.9 Å². The van der Waals surface area contributed by atoms with Gasteiger partial charge in [-0.25, -0.2) is 14.1 Å². The summed E-state index contributed by atoms with van der Waals surface area (Å²) in [5.74, 6) is -1.11. The zero-order valence-electron chi connectivity index (χ0n) is 18.4. The maximum absolute atomic E-state index is 14.7. The fourth-order valence-electron chi connectivity index (χ4n) is 3.74. The van der Waals surface area contributed by atoms with E-state index < -0.39 is 11.7 Å². The van der Waals surface area contributed by atoms with Gasteiger partial charge in [-0.15, -0.1) is 5.10 Å². The molecule has 9 heteroatoms. The van der Waals surface area contributed by atoms with E-state index in [-0.39, 0.29) is 5.56 Å². The van der Waals surface area contributed by atoms with Crippen LogP contribution in [0, 0.1) is 5.82 Å². The molecule has 0 fully saturated rings. The highest BCUT2D eigenvalue weighted by atomic mass is 19.1. The minimum absolute atomic E-state index is 0.0292. The Bertz CT molecular complexity index is 1500. The lowest BCUT2D eigenvalue weighted by molar-refractivity contribution is 0.0933. The molecule has 0 aliphatic heterocycles. The van der Waals surface area contributed by atoms with Crippen LogP contribution in [0.2, 0.25) is 0 Å². The molecule has 34 heavy (non-hydrogen) atoms. The fraction of sp³-hybridized carbons (Fsp3) is 0.160. The van der Waals surface area contributed by atoms with Crippen molar-refractivity contribution in [2.24, 2.45) is 0 Å². The van der Waals surface area contributed by atoms with Crippen molar-refractivity contribution in [3.05, 3.63) is 83.8 Å². The summed E-state index contributed by atoms with van der Waals surface area (Å²) in [7, 11) is 1.53. The molecule has 170 valence electrons. The molecule has 0 saturated heterocycles. The van der Waals surface area contributed by atoms with Crippen molar-refractivity contribution in [3.63, 3.8) is 0 Å². The Morgan fingerprint density at radius 1 is 1.09 bits per heavy atom. The number of amides is 1. The van der Waals surface area contributed by atoms with Crippen molar-refractivity contribution in [2.75, 3.05) is 20.3 Å². The third-order valence-electron chi connectivity index (χ3n) is 5.46. The molecule has 1 amide bonds. The summed E-state index contributed by atoms with van der Waals surface area (Å²) in [6, 6.07) is 17.9. The Kier molecular flexibility index (Phi) is 5.92. The van der Waals surface area contributed by atoms with Crippen molar-refractivity contribution in [3.8, 4) is 11.3 Å². The molecule has 0 radical (unpaired) electrons. The molecule has 0 aliphatic rings. The molecular weight excluding hydrogens is 435 g/mol. The second kappa shape index (κ2) is 9.32. The largest absolute Gasteiger partial charge is 0.383 e. The van der Waals surface area contributed by atoms with Crippen LogP contribution in [0.1, 0.15) is 15.9 Å². The Labute approximate surface area is 194 Å². The molecule has 5 aromatic rings. The monoisotopic (exact) mass is 456 g/mol. The predicted molar refractivity (Wildman–Crippen MR) is 126 cm³/mol. The van der Waals surface area contributed by atoms with Gasteiger partial charge in [0.05, 0.1) is 29.9 Å². The van der Waals surface area contributed by atoms with Crippen LogP contribution in [0.15, 0.2) is 66.9 Å². The normalized spacial score (nSPS) is 11.2. The van der Waals surface area contributed by atoms with E-state index in [1.165, 1.54) is 19.2 Å². The van der Waals surface area contributed by atoms with Gasteiger partial charge in [-0.1, -0.05) is 23.4 Å². The van der Waals surface area contributed by atoms with E-state index in [2.05, 4.69) is 31.7 Å². The van der Waals surface area contributed by atoms with Crippen LogP contribution in [-0.4, -0.2) is 51.1 Å². The molecule has 0 unspecified atom stereocenters. The minimum Gasteiger partial charge on any atom is -0.383 e. The number of benzene rings is 2. The number of halogens is 1.